The molecule has 1 unspecified atom stereocenters. The highest BCUT2D eigenvalue weighted by Gasteiger charge is 2.14. The normalized spacial score (nSPS) is 15.2. The summed E-state index contributed by atoms with van der Waals surface area (Å²) in [6.45, 7) is 2.02. The lowest BCUT2D eigenvalue weighted by Crippen LogP contribution is -2.25. The van der Waals surface area contributed by atoms with Crippen molar-refractivity contribution in [1.29, 1.82) is 0 Å². The second kappa shape index (κ2) is 10.4. The maximum atomic E-state index is 12.5. The first-order valence-electron chi connectivity index (χ1n) is 10.5. The Bertz CT molecular complexity index is 1090. The maximum absolute atomic E-state index is 12.5. The Balaban J connectivity index is 1.28. The minimum absolute atomic E-state index is 0.104. The van der Waals surface area contributed by atoms with Gasteiger partial charge < -0.3 is 19.9 Å². The van der Waals surface area contributed by atoms with Gasteiger partial charge in [0.15, 0.2) is 0 Å². The molecule has 4 rings (SSSR count). The van der Waals surface area contributed by atoms with E-state index in [1.54, 1.807) is 31.8 Å². The molecular formula is C24H26N6O2. The van der Waals surface area contributed by atoms with Crippen molar-refractivity contribution in [3.8, 4) is 5.75 Å². The Morgan fingerprint density at radius 2 is 2.09 bits per heavy atom. The number of aliphatic imine (C=N–C) groups is 2. The van der Waals surface area contributed by atoms with Gasteiger partial charge in [-0.3, -0.25) is 9.79 Å². The van der Waals surface area contributed by atoms with Crippen LogP contribution in [0.3, 0.4) is 0 Å². The summed E-state index contributed by atoms with van der Waals surface area (Å²) in [4.78, 5) is 25.5. The zero-order valence-electron chi connectivity index (χ0n) is 17.9. The molecule has 1 amide bonds. The fourth-order valence-electron chi connectivity index (χ4n) is 3.40. The van der Waals surface area contributed by atoms with Gasteiger partial charge in [0.2, 0.25) is 5.96 Å². The lowest BCUT2D eigenvalue weighted by molar-refractivity contribution is 0.0952. The monoisotopic (exact) mass is 430 g/mol. The number of amides is 1. The smallest absolute Gasteiger partial charge is 0.251 e. The topological polar surface area (TPSA) is 92.9 Å². The van der Waals surface area contributed by atoms with Gasteiger partial charge in [-0.05, 0) is 42.3 Å². The third-order valence-corrected chi connectivity index (χ3v) is 5.18. The molecule has 8 nitrogen and oxygen atoms in total. The number of benzene rings is 2. The fraction of sp³-hybridized carbons (Fsp3) is 0.250. The van der Waals surface area contributed by atoms with Crippen molar-refractivity contribution in [2.75, 3.05) is 25.5 Å². The average molecular weight is 431 g/mol. The summed E-state index contributed by atoms with van der Waals surface area (Å²) in [5.74, 6) is 1.39. The van der Waals surface area contributed by atoms with Gasteiger partial charge >= 0.3 is 0 Å². The molecule has 0 aliphatic carbocycles. The third-order valence-electron chi connectivity index (χ3n) is 5.18. The van der Waals surface area contributed by atoms with Crippen molar-refractivity contribution < 1.29 is 9.53 Å². The van der Waals surface area contributed by atoms with Crippen molar-refractivity contribution in [2.24, 2.45) is 9.98 Å². The van der Waals surface area contributed by atoms with E-state index in [9.17, 15) is 4.79 Å². The number of hydrogen-bond acceptors (Lipinski definition) is 6. The molecule has 0 saturated carbocycles. The van der Waals surface area contributed by atoms with Crippen LogP contribution < -0.4 is 15.4 Å². The van der Waals surface area contributed by atoms with Crippen LogP contribution in [0.5, 0.6) is 5.75 Å². The molecule has 3 aromatic rings. The number of carbonyl (C=O) groups is 1. The molecule has 0 radical (unpaired) electrons. The van der Waals surface area contributed by atoms with Crippen molar-refractivity contribution >= 4 is 23.8 Å². The Morgan fingerprint density at radius 3 is 2.81 bits per heavy atom. The molecule has 1 aliphatic rings. The van der Waals surface area contributed by atoms with E-state index < -0.39 is 0 Å². The number of guanidine groups is 1. The van der Waals surface area contributed by atoms with Crippen LogP contribution in [0.25, 0.3) is 0 Å². The Morgan fingerprint density at radius 1 is 1.22 bits per heavy atom. The fourth-order valence-corrected chi connectivity index (χ4v) is 3.40. The molecule has 0 fully saturated rings. The van der Waals surface area contributed by atoms with Crippen molar-refractivity contribution in [3.05, 3.63) is 78.4 Å². The summed E-state index contributed by atoms with van der Waals surface area (Å²) >= 11 is 0. The number of nitrogens with one attached hydrogen (secondary N) is 2. The first-order valence-corrected chi connectivity index (χ1v) is 10.5. The van der Waals surface area contributed by atoms with E-state index in [0.29, 0.717) is 24.6 Å². The highest BCUT2D eigenvalue weighted by atomic mass is 16.5. The Hall–Kier alpha value is -3.94. The number of hydrogen-bond donors (Lipinski definition) is 2. The molecule has 1 aliphatic heterocycles. The number of carbonyl (C=O) groups excluding carboxylic acids is 1. The van der Waals surface area contributed by atoms with Gasteiger partial charge in [-0.15, -0.1) is 0 Å². The number of aromatic nitrogens is 2. The van der Waals surface area contributed by atoms with E-state index in [1.807, 2.05) is 53.4 Å². The quantitative estimate of drug-likeness (QED) is 0.536. The van der Waals surface area contributed by atoms with E-state index >= 15 is 0 Å². The zero-order chi connectivity index (χ0) is 22.2. The predicted molar refractivity (Wildman–Crippen MR) is 126 cm³/mol. The number of aryl methyl sites for hydroxylation is 1. The molecule has 2 heterocycles. The number of imidazole rings is 1. The van der Waals surface area contributed by atoms with Gasteiger partial charge in [0.25, 0.3) is 5.91 Å². The second-order valence-corrected chi connectivity index (χ2v) is 7.44. The minimum atomic E-state index is -0.104. The van der Waals surface area contributed by atoms with Crippen LogP contribution in [0.2, 0.25) is 0 Å². The summed E-state index contributed by atoms with van der Waals surface area (Å²) in [5, 5.41) is 6.15. The summed E-state index contributed by atoms with van der Waals surface area (Å²) in [7, 11) is 1.65. The molecular weight excluding hydrogens is 404 g/mol. The van der Waals surface area contributed by atoms with Crippen molar-refractivity contribution in [3.63, 3.8) is 0 Å². The Labute approximate surface area is 187 Å². The molecule has 32 heavy (non-hydrogen) atoms. The number of methoxy groups -OCH3 is 1. The number of anilines is 1. The van der Waals surface area contributed by atoms with E-state index in [-0.39, 0.29) is 11.8 Å². The van der Waals surface area contributed by atoms with Crippen LogP contribution in [0.1, 0.15) is 28.3 Å². The van der Waals surface area contributed by atoms with E-state index in [1.165, 1.54) is 0 Å². The third kappa shape index (κ3) is 5.60. The van der Waals surface area contributed by atoms with Crippen molar-refractivity contribution in [1.82, 2.24) is 14.9 Å². The lowest BCUT2D eigenvalue weighted by Gasteiger charge is -2.16. The second-order valence-electron chi connectivity index (χ2n) is 7.44. The van der Waals surface area contributed by atoms with E-state index in [2.05, 4.69) is 25.6 Å². The average Bonchev–Trinajstić information content (AvgIpc) is 3.36. The van der Waals surface area contributed by atoms with Gasteiger partial charge in [-0.1, -0.05) is 18.2 Å². The van der Waals surface area contributed by atoms with Crippen LogP contribution in [-0.2, 0) is 6.54 Å². The van der Waals surface area contributed by atoms with Crippen LogP contribution in [0.4, 0.5) is 5.69 Å². The predicted octanol–water partition coefficient (Wildman–Crippen LogP) is 3.35. The zero-order valence-corrected chi connectivity index (χ0v) is 17.9. The van der Waals surface area contributed by atoms with Gasteiger partial charge in [-0.25, -0.2) is 9.98 Å². The standard InChI is InChI=1S/C24H26N6O2/c1-32-22-8-6-18(7-9-22)20-15-27-24(28-16-20)29-21-5-2-4-19(14-21)23(31)26-10-3-12-30-13-11-25-17-30/h2,4-9,11,13-15,17,20H,3,10,12,16H2,1H3,(H,26,31)(H,28,29). The van der Waals surface area contributed by atoms with Crippen LogP contribution in [-0.4, -0.2) is 47.8 Å². The molecule has 8 heteroatoms. The van der Waals surface area contributed by atoms with Gasteiger partial charge in [0.05, 0.1) is 20.0 Å². The van der Waals surface area contributed by atoms with Gasteiger partial charge in [0.1, 0.15) is 5.75 Å². The number of rotatable bonds is 8. The molecule has 164 valence electrons. The summed E-state index contributed by atoms with van der Waals surface area (Å²) < 4.78 is 7.19. The molecule has 2 N–H and O–H groups in total. The van der Waals surface area contributed by atoms with Crippen LogP contribution in [0.15, 0.2) is 77.2 Å². The molecule has 0 saturated heterocycles. The maximum Gasteiger partial charge on any atom is 0.251 e. The first kappa shape index (κ1) is 21.3. The summed E-state index contributed by atoms with van der Waals surface area (Å²) in [5.41, 5.74) is 2.51. The van der Waals surface area contributed by atoms with E-state index in [4.69, 9.17) is 4.74 Å². The highest BCUT2D eigenvalue weighted by Crippen LogP contribution is 2.21. The summed E-state index contributed by atoms with van der Waals surface area (Å²) in [6.07, 6.45) is 8.16. The molecule has 0 spiro atoms. The molecule has 1 atom stereocenters. The number of nitrogens with zero attached hydrogens (tertiary/aromatic N) is 4. The van der Waals surface area contributed by atoms with Gasteiger partial charge in [0, 0.05) is 48.9 Å². The first-order chi connectivity index (χ1) is 15.7. The van der Waals surface area contributed by atoms with Crippen molar-refractivity contribution in [2.45, 2.75) is 18.9 Å². The number of ether oxygens (including phenoxy) is 1. The van der Waals surface area contributed by atoms with Crippen LogP contribution >= 0.6 is 0 Å². The minimum Gasteiger partial charge on any atom is -0.497 e. The van der Waals surface area contributed by atoms with Gasteiger partial charge in [-0.2, -0.15) is 0 Å². The van der Waals surface area contributed by atoms with Crippen LogP contribution in [0, 0.1) is 0 Å². The largest absolute Gasteiger partial charge is 0.497 e. The SMILES string of the molecule is COc1ccc(C2C=NC(Nc3cccc(C(=O)NCCCn4ccnc4)c3)=NC2)cc1. The highest BCUT2D eigenvalue weighted by molar-refractivity contribution is 6.02. The molecule has 0 bridgehead atoms. The Kier molecular flexibility index (Phi) is 6.91. The lowest BCUT2D eigenvalue weighted by atomic mass is 10.00. The molecule has 1 aromatic heterocycles. The molecule has 2 aromatic carbocycles. The summed E-state index contributed by atoms with van der Waals surface area (Å²) in [6, 6.07) is 15.3. The van der Waals surface area contributed by atoms with E-state index in [0.717, 1.165) is 30.0 Å².